The number of fused-ring (bicyclic) bond motifs is 2. The van der Waals surface area contributed by atoms with Crippen molar-refractivity contribution >= 4 is 57.3 Å². The lowest BCUT2D eigenvalue weighted by Gasteiger charge is -2.30. The van der Waals surface area contributed by atoms with Gasteiger partial charge in [0.25, 0.3) is 17.8 Å². The molecule has 5 rings (SSSR count). The molecule has 2 aliphatic heterocycles. The summed E-state index contributed by atoms with van der Waals surface area (Å²) >= 11 is 7.36. The fraction of sp³-hybridized carbons (Fsp3) is 0.190. The zero-order chi connectivity index (χ0) is 21.7. The number of nitrogens with zero attached hydrogens (tertiary/aromatic N) is 5. The second-order valence-electron chi connectivity index (χ2n) is 7.31. The average Bonchev–Trinajstić information content (AvgIpc) is 3.33. The summed E-state index contributed by atoms with van der Waals surface area (Å²) in [6.45, 7) is 0.430. The van der Waals surface area contributed by atoms with Crippen molar-refractivity contribution < 1.29 is 14.2 Å². The second-order valence-corrected chi connectivity index (χ2v) is 8.70. The van der Waals surface area contributed by atoms with E-state index in [4.69, 9.17) is 11.6 Å². The van der Waals surface area contributed by atoms with E-state index in [0.29, 0.717) is 27.7 Å². The Labute approximate surface area is 187 Å². The number of imide groups is 1. The number of carbonyl (C=O) groups excluding carboxylic acids is 2. The molecule has 1 saturated heterocycles. The van der Waals surface area contributed by atoms with Gasteiger partial charge in [-0.15, -0.1) is 0 Å². The number of likely N-dealkylation sites (N-methyl/N-ethyl adjacent to an activating group) is 2. The van der Waals surface area contributed by atoms with Gasteiger partial charge in [-0.3, -0.25) is 14.6 Å². The van der Waals surface area contributed by atoms with E-state index in [1.54, 1.807) is 7.05 Å². The highest BCUT2D eigenvalue weighted by Crippen LogP contribution is 2.28. The molecule has 2 aliphatic rings. The molecule has 1 N–H and O–H groups in total. The van der Waals surface area contributed by atoms with Crippen molar-refractivity contribution in [1.29, 1.82) is 0 Å². The minimum absolute atomic E-state index is 0.309. The topological polar surface area (TPSA) is 84.7 Å². The number of aromatic nitrogens is 2. The predicted molar refractivity (Wildman–Crippen MR) is 120 cm³/mol. The number of thioether (sulfide) groups is 1. The summed E-state index contributed by atoms with van der Waals surface area (Å²) in [5.41, 5.74) is 2.74. The maximum absolute atomic E-state index is 13.0. The molecule has 3 heterocycles. The maximum Gasteiger partial charge on any atom is 0.365 e. The van der Waals surface area contributed by atoms with Gasteiger partial charge < -0.3 is 4.98 Å². The minimum Gasteiger partial charge on any atom is -0.332 e. The number of halogens is 1. The molecule has 1 aromatic heterocycles. The first kappa shape index (κ1) is 19.8. The van der Waals surface area contributed by atoms with Gasteiger partial charge in [-0.05, 0) is 34.8 Å². The van der Waals surface area contributed by atoms with Crippen LogP contribution in [-0.2, 0) is 11.3 Å². The molecule has 1 unspecified atom stereocenters. The van der Waals surface area contributed by atoms with Crippen LogP contribution < -0.4 is 0 Å². The molecule has 3 amide bonds. The van der Waals surface area contributed by atoms with E-state index >= 15 is 0 Å². The molecular weight excluding hydrogens is 436 g/mol. The van der Waals surface area contributed by atoms with Gasteiger partial charge >= 0.3 is 11.2 Å². The van der Waals surface area contributed by atoms with Crippen LogP contribution in [0.5, 0.6) is 0 Å². The number of amides is 3. The van der Waals surface area contributed by atoms with Gasteiger partial charge in [-0.1, -0.05) is 35.9 Å². The number of aromatic amines is 1. The van der Waals surface area contributed by atoms with Crippen molar-refractivity contribution in [2.75, 3.05) is 14.1 Å². The molecule has 0 aliphatic carbocycles. The number of rotatable bonds is 3. The molecule has 8 nitrogen and oxygen atoms in total. The summed E-state index contributed by atoms with van der Waals surface area (Å²) in [7, 11) is 3.12. The summed E-state index contributed by atoms with van der Waals surface area (Å²) in [5.74, 6) is 0.108. The lowest BCUT2D eigenvalue weighted by molar-refractivity contribution is -0.548. The third-order valence-corrected chi connectivity index (χ3v) is 6.46. The Morgan fingerprint density at radius 1 is 1.10 bits per heavy atom. The Morgan fingerprint density at radius 2 is 1.84 bits per heavy atom. The molecular formula is C21H18ClN6O2S+. The van der Waals surface area contributed by atoms with Crippen LogP contribution in [0.2, 0.25) is 5.02 Å². The van der Waals surface area contributed by atoms with Crippen molar-refractivity contribution in [2.45, 2.75) is 17.7 Å². The number of aliphatic imine (C=N–C) groups is 1. The van der Waals surface area contributed by atoms with Gasteiger partial charge in [0.2, 0.25) is 0 Å². The monoisotopic (exact) mass is 453 g/mol. The number of hydrogen-bond donors (Lipinski definition) is 1. The molecule has 0 bridgehead atoms. The molecule has 0 spiro atoms. The third-order valence-electron chi connectivity index (χ3n) is 5.32. The zero-order valence-corrected chi connectivity index (χ0v) is 18.3. The van der Waals surface area contributed by atoms with Crippen molar-refractivity contribution in [3.63, 3.8) is 0 Å². The minimum atomic E-state index is -0.685. The Morgan fingerprint density at radius 3 is 2.58 bits per heavy atom. The van der Waals surface area contributed by atoms with E-state index in [9.17, 15) is 9.59 Å². The van der Waals surface area contributed by atoms with Gasteiger partial charge in [-0.2, -0.15) is 0 Å². The Hall–Kier alpha value is -3.17. The normalized spacial score (nSPS) is 18.8. The summed E-state index contributed by atoms with van der Waals surface area (Å²) < 4.78 is 1.90. The van der Waals surface area contributed by atoms with E-state index in [1.807, 2.05) is 53.1 Å². The molecule has 0 radical (unpaired) electrons. The van der Waals surface area contributed by atoms with Crippen molar-refractivity contribution in [3.8, 4) is 0 Å². The van der Waals surface area contributed by atoms with Gasteiger partial charge in [0.15, 0.2) is 5.16 Å². The van der Waals surface area contributed by atoms with Gasteiger partial charge in [0, 0.05) is 30.9 Å². The van der Waals surface area contributed by atoms with Crippen LogP contribution in [0.1, 0.15) is 5.56 Å². The van der Waals surface area contributed by atoms with E-state index in [-0.39, 0.29) is 5.91 Å². The van der Waals surface area contributed by atoms with Crippen LogP contribution >= 0.6 is 23.4 Å². The first-order chi connectivity index (χ1) is 14.9. The quantitative estimate of drug-likeness (QED) is 0.617. The number of imidazole rings is 1. The number of hydrogen-bond acceptors (Lipinski definition) is 5. The van der Waals surface area contributed by atoms with Gasteiger partial charge in [0.05, 0.1) is 11.0 Å². The molecule has 3 aromatic rings. The number of para-hydroxylation sites is 2. The molecule has 156 valence electrons. The maximum atomic E-state index is 13.0. The SMILES string of the molecule is CN1C(=O)C2C(=NC(Sc3nc4ccccc4[nH]3)=[N+]2Cc2ccc(Cl)cc2)N(C)C1=O. The first-order valence-electron chi connectivity index (χ1n) is 9.57. The lowest BCUT2D eigenvalue weighted by Crippen LogP contribution is -2.61. The van der Waals surface area contributed by atoms with E-state index in [0.717, 1.165) is 21.5 Å². The number of carbonyl (C=O) groups is 2. The van der Waals surface area contributed by atoms with Gasteiger partial charge in [-0.25, -0.2) is 14.4 Å². The van der Waals surface area contributed by atoms with Crippen LogP contribution in [0.15, 0.2) is 58.7 Å². The Balaban J connectivity index is 1.57. The standard InChI is InChI=1S/C21H18ClN6O2S/c1-26-17-16(18(29)27(2)21(26)30)28(11-12-7-9-13(22)10-8-12)20(25-17)31-19-23-14-5-3-4-6-15(14)24-19/h3-10,16H,11H2,1-2H3,(H,23,24)/q+1. The van der Waals surface area contributed by atoms with E-state index < -0.39 is 12.1 Å². The summed E-state index contributed by atoms with van der Waals surface area (Å²) in [4.78, 5) is 40.6. The highest BCUT2D eigenvalue weighted by Gasteiger charge is 2.53. The second kappa shape index (κ2) is 7.51. The zero-order valence-electron chi connectivity index (χ0n) is 16.7. The highest BCUT2D eigenvalue weighted by atomic mass is 35.5. The molecule has 0 saturated carbocycles. The molecule has 2 aromatic carbocycles. The number of amidine groups is 2. The molecule has 31 heavy (non-hydrogen) atoms. The molecule has 1 atom stereocenters. The van der Waals surface area contributed by atoms with Gasteiger partial charge in [0.1, 0.15) is 6.54 Å². The molecule has 1 fully saturated rings. The van der Waals surface area contributed by atoms with Crippen LogP contribution in [0.4, 0.5) is 4.79 Å². The predicted octanol–water partition coefficient (Wildman–Crippen LogP) is 3.18. The summed E-state index contributed by atoms with van der Waals surface area (Å²) in [5, 5.41) is 1.90. The van der Waals surface area contributed by atoms with Crippen LogP contribution in [-0.4, -0.2) is 67.4 Å². The molecule has 10 heteroatoms. The van der Waals surface area contributed by atoms with Crippen LogP contribution in [0.25, 0.3) is 11.0 Å². The van der Waals surface area contributed by atoms with E-state index in [2.05, 4.69) is 15.0 Å². The number of H-pyrrole nitrogens is 1. The van der Waals surface area contributed by atoms with Crippen molar-refractivity contribution in [2.24, 2.45) is 4.99 Å². The van der Waals surface area contributed by atoms with Crippen LogP contribution in [0.3, 0.4) is 0 Å². The number of nitrogens with one attached hydrogen (secondary N) is 1. The summed E-state index contributed by atoms with van der Waals surface area (Å²) in [6.07, 6.45) is 0. The first-order valence-corrected chi connectivity index (χ1v) is 10.8. The van der Waals surface area contributed by atoms with Crippen molar-refractivity contribution in [3.05, 3.63) is 59.1 Å². The number of benzene rings is 2. The fourth-order valence-electron chi connectivity index (χ4n) is 3.67. The fourth-order valence-corrected chi connectivity index (χ4v) is 4.70. The van der Waals surface area contributed by atoms with E-state index in [1.165, 1.54) is 23.7 Å². The summed E-state index contributed by atoms with van der Waals surface area (Å²) in [6, 6.07) is 14.1. The average molecular weight is 454 g/mol. The lowest BCUT2D eigenvalue weighted by atomic mass is 10.1. The largest absolute Gasteiger partial charge is 0.365 e. The number of urea groups is 1. The van der Waals surface area contributed by atoms with Crippen molar-refractivity contribution in [1.82, 2.24) is 19.8 Å². The Bertz CT molecular complexity index is 1250. The highest BCUT2D eigenvalue weighted by molar-refractivity contribution is 8.13. The smallest absolute Gasteiger partial charge is 0.332 e. The Kier molecular flexibility index (Phi) is 4.79. The van der Waals surface area contributed by atoms with Crippen LogP contribution in [0, 0.1) is 0 Å². The third kappa shape index (κ3) is 3.39.